The molecule has 1 aromatic carbocycles. The van der Waals surface area contributed by atoms with Crippen molar-refractivity contribution >= 4 is 23.1 Å². The Hall–Kier alpha value is -3.90. The molecule has 1 fully saturated rings. The van der Waals surface area contributed by atoms with Gasteiger partial charge in [0, 0.05) is 37.6 Å². The molecule has 0 saturated carbocycles. The summed E-state index contributed by atoms with van der Waals surface area (Å²) in [6.07, 6.45) is 7.94. The Kier molecular flexibility index (Phi) is 7.37. The third kappa shape index (κ3) is 5.75. The normalized spacial score (nSPS) is 14.2. The van der Waals surface area contributed by atoms with E-state index in [1.807, 2.05) is 17.5 Å². The second-order valence-corrected chi connectivity index (χ2v) is 8.88. The van der Waals surface area contributed by atoms with Crippen LogP contribution >= 0.6 is 0 Å². The van der Waals surface area contributed by atoms with Gasteiger partial charge in [-0.2, -0.15) is 5.10 Å². The lowest BCUT2D eigenvalue weighted by Crippen LogP contribution is -2.37. The largest absolute Gasteiger partial charge is 0.379 e. The van der Waals surface area contributed by atoms with Gasteiger partial charge in [-0.3, -0.25) is 18.8 Å². The Bertz CT molecular complexity index is 1400. The number of hydrogen-bond acceptors (Lipinski definition) is 7. The van der Waals surface area contributed by atoms with E-state index in [1.54, 1.807) is 18.6 Å². The van der Waals surface area contributed by atoms with E-state index >= 15 is 0 Å². The molecule has 37 heavy (non-hydrogen) atoms. The molecule has 1 aliphatic rings. The maximum atomic E-state index is 13.8. The van der Waals surface area contributed by atoms with Gasteiger partial charge in [-0.25, -0.2) is 18.7 Å². The predicted molar refractivity (Wildman–Crippen MR) is 134 cm³/mol. The Morgan fingerprint density at radius 3 is 2.84 bits per heavy atom. The number of carbonyl (C=O) groups excluding carboxylic acids is 1. The summed E-state index contributed by atoms with van der Waals surface area (Å²) in [5.74, 6) is -1.95. The highest BCUT2D eigenvalue weighted by atomic mass is 19.2. The molecule has 3 aromatic heterocycles. The molecule has 4 heterocycles. The highest BCUT2D eigenvalue weighted by molar-refractivity contribution is 5.90. The minimum Gasteiger partial charge on any atom is -0.379 e. The molecular weight excluding hydrogens is 482 g/mol. The molecule has 4 aromatic rings. The molecule has 10 nitrogen and oxygen atoms in total. The van der Waals surface area contributed by atoms with Gasteiger partial charge in [0.1, 0.15) is 6.54 Å². The number of rotatable bonds is 9. The van der Waals surface area contributed by atoms with Crippen molar-refractivity contribution in [3.8, 4) is 11.3 Å². The van der Waals surface area contributed by atoms with Gasteiger partial charge in [-0.1, -0.05) is 6.07 Å². The molecule has 12 heteroatoms. The molecule has 1 aliphatic heterocycles. The molecular formula is C25H28F2N8O2. The average Bonchev–Trinajstić information content (AvgIpc) is 3.52. The summed E-state index contributed by atoms with van der Waals surface area (Å²) < 4.78 is 36.0. The summed E-state index contributed by atoms with van der Waals surface area (Å²) in [6, 6.07) is 3.62. The monoisotopic (exact) mass is 510 g/mol. The fraction of sp³-hybridized carbons (Fsp3) is 0.360. The van der Waals surface area contributed by atoms with Crippen molar-refractivity contribution in [1.82, 2.24) is 29.0 Å². The zero-order chi connectivity index (χ0) is 25.8. The van der Waals surface area contributed by atoms with Gasteiger partial charge in [0.25, 0.3) is 0 Å². The Morgan fingerprint density at radius 1 is 1.16 bits per heavy atom. The van der Waals surface area contributed by atoms with E-state index in [4.69, 9.17) is 4.74 Å². The van der Waals surface area contributed by atoms with Crippen molar-refractivity contribution in [2.45, 2.75) is 19.9 Å². The fourth-order valence-electron chi connectivity index (χ4n) is 4.29. The van der Waals surface area contributed by atoms with E-state index in [-0.39, 0.29) is 12.2 Å². The Morgan fingerprint density at radius 2 is 2.00 bits per heavy atom. The van der Waals surface area contributed by atoms with E-state index in [0.717, 1.165) is 68.8 Å². The van der Waals surface area contributed by atoms with Gasteiger partial charge in [-0.05, 0) is 32.0 Å². The van der Waals surface area contributed by atoms with Crippen LogP contribution in [0.15, 0.2) is 43.0 Å². The minimum absolute atomic E-state index is 0.163. The number of amides is 1. The maximum Gasteiger partial charge on any atom is 0.246 e. The van der Waals surface area contributed by atoms with Crippen molar-refractivity contribution in [2.24, 2.45) is 0 Å². The molecule has 0 spiro atoms. The first-order valence-corrected chi connectivity index (χ1v) is 12.1. The van der Waals surface area contributed by atoms with Gasteiger partial charge in [-0.15, -0.1) is 0 Å². The molecule has 0 bridgehead atoms. The molecule has 2 N–H and O–H groups in total. The van der Waals surface area contributed by atoms with Gasteiger partial charge in [0.2, 0.25) is 5.91 Å². The Labute approximate surface area is 212 Å². The number of aromatic nitrogens is 5. The van der Waals surface area contributed by atoms with Gasteiger partial charge in [0.05, 0.1) is 42.7 Å². The van der Waals surface area contributed by atoms with Crippen LogP contribution in [0.4, 0.5) is 20.3 Å². The third-order valence-corrected chi connectivity index (χ3v) is 6.12. The number of hydrogen-bond donors (Lipinski definition) is 2. The van der Waals surface area contributed by atoms with E-state index in [9.17, 15) is 13.6 Å². The van der Waals surface area contributed by atoms with Gasteiger partial charge < -0.3 is 15.4 Å². The van der Waals surface area contributed by atoms with Crippen molar-refractivity contribution < 1.29 is 18.3 Å². The number of nitrogens with one attached hydrogen (secondary N) is 2. The number of nitrogens with zero attached hydrogens (tertiary/aromatic N) is 6. The second kappa shape index (κ2) is 11.0. The number of ether oxygens (including phenoxy) is 1. The average molecular weight is 511 g/mol. The number of carbonyl (C=O) groups is 1. The molecule has 1 amide bonds. The number of halogens is 2. The standard InChI is InChI=1S/C25H28F2N8O2/c1-17-14-35-21(13-29-25(35)24(31-17)28-6-3-7-33-8-10-37-11-9-33)18-12-30-34(15-18)16-22(36)32-20-5-2-4-19(26)23(20)27/h2,4-5,12-15H,3,6-11,16H2,1H3,(H,28,31)(H,32,36). The van der Waals surface area contributed by atoms with Crippen molar-refractivity contribution in [2.75, 3.05) is 50.0 Å². The quantitative estimate of drug-likeness (QED) is 0.334. The molecule has 194 valence electrons. The van der Waals surface area contributed by atoms with E-state index < -0.39 is 17.5 Å². The molecule has 1 saturated heterocycles. The number of aryl methyl sites for hydroxylation is 1. The van der Waals surface area contributed by atoms with E-state index in [2.05, 4.69) is 30.6 Å². The number of imidazole rings is 1. The van der Waals surface area contributed by atoms with Crippen LogP contribution in [0, 0.1) is 18.6 Å². The predicted octanol–water partition coefficient (Wildman–Crippen LogP) is 2.95. The van der Waals surface area contributed by atoms with Crippen LogP contribution in [0.5, 0.6) is 0 Å². The number of anilines is 2. The maximum absolute atomic E-state index is 13.8. The molecule has 0 atom stereocenters. The number of benzene rings is 1. The van der Waals surface area contributed by atoms with E-state index in [0.29, 0.717) is 11.5 Å². The fourth-order valence-corrected chi connectivity index (χ4v) is 4.29. The van der Waals surface area contributed by atoms with Crippen LogP contribution < -0.4 is 10.6 Å². The molecule has 0 radical (unpaired) electrons. The van der Waals surface area contributed by atoms with Crippen LogP contribution in [0.3, 0.4) is 0 Å². The minimum atomic E-state index is -1.10. The SMILES string of the molecule is Cc1cn2c(-c3cnn(CC(=O)Nc4cccc(F)c4F)c3)cnc2c(NCCCN2CCOCC2)n1. The van der Waals surface area contributed by atoms with Crippen molar-refractivity contribution in [1.29, 1.82) is 0 Å². The smallest absolute Gasteiger partial charge is 0.246 e. The first-order valence-electron chi connectivity index (χ1n) is 12.1. The van der Waals surface area contributed by atoms with E-state index in [1.165, 1.54) is 16.8 Å². The summed E-state index contributed by atoms with van der Waals surface area (Å²) in [5, 5.41) is 10.0. The van der Waals surface area contributed by atoms with Crippen LogP contribution in [-0.2, 0) is 16.1 Å². The summed E-state index contributed by atoms with van der Waals surface area (Å²) in [4.78, 5) is 24.0. The highest BCUT2D eigenvalue weighted by Crippen LogP contribution is 2.24. The second-order valence-electron chi connectivity index (χ2n) is 8.88. The molecule has 5 rings (SSSR count). The molecule has 0 aliphatic carbocycles. The summed E-state index contributed by atoms with van der Waals surface area (Å²) in [5.41, 5.74) is 2.85. The first kappa shape index (κ1) is 24.8. The zero-order valence-corrected chi connectivity index (χ0v) is 20.5. The lowest BCUT2D eigenvalue weighted by atomic mass is 10.3. The topological polar surface area (TPSA) is 102 Å². The third-order valence-electron chi connectivity index (χ3n) is 6.12. The number of fused-ring (bicyclic) bond motifs is 1. The zero-order valence-electron chi connectivity index (χ0n) is 20.5. The highest BCUT2D eigenvalue weighted by Gasteiger charge is 2.16. The summed E-state index contributed by atoms with van der Waals surface area (Å²) in [7, 11) is 0. The van der Waals surface area contributed by atoms with Crippen molar-refractivity contribution in [3.05, 3.63) is 60.3 Å². The van der Waals surface area contributed by atoms with Crippen LogP contribution in [0.25, 0.3) is 16.9 Å². The van der Waals surface area contributed by atoms with Gasteiger partial charge in [0.15, 0.2) is 23.1 Å². The van der Waals surface area contributed by atoms with Crippen LogP contribution in [0.2, 0.25) is 0 Å². The summed E-state index contributed by atoms with van der Waals surface area (Å²) >= 11 is 0. The molecule has 0 unspecified atom stereocenters. The lowest BCUT2D eigenvalue weighted by Gasteiger charge is -2.26. The van der Waals surface area contributed by atoms with Crippen LogP contribution in [0.1, 0.15) is 12.1 Å². The summed E-state index contributed by atoms with van der Waals surface area (Å²) in [6.45, 7) is 7.03. The number of morpholine rings is 1. The van der Waals surface area contributed by atoms with Gasteiger partial charge >= 0.3 is 0 Å². The Balaban J connectivity index is 1.25. The lowest BCUT2D eigenvalue weighted by molar-refractivity contribution is -0.116. The van der Waals surface area contributed by atoms with Crippen LogP contribution in [-0.4, -0.2) is 74.3 Å². The first-order chi connectivity index (χ1) is 18.0. The van der Waals surface area contributed by atoms with Crippen molar-refractivity contribution in [3.63, 3.8) is 0 Å².